The van der Waals surface area contributed by atoms with Crippen molar-refractivity contribution in [1.82, 2.24) is 5.32 Å². The first-order chi connectivity index (χ1) is 6.11. The minimum absolute atomic E-state index is 0.471. The molecule has 1 aliphatic carbocycles. The molecule has 3 heteroatoms. The second-order valence-electron chi connectivity index (χ2n) is 4.94. The molecule has 0 radical (unpaired) electrons. The molecule has 1 N–H and O–H groups in total. The van der Waals surface area contributed by atoms with E-state index < -0.39 is 0 Å². The van der Waals surface area contributed by atoms with Gasteiger partial charge in [-0.25, -0.2) is 0 Å². The van der Waals surface area contributed by atoms with Crippen LogP contribution >= 0.6 is 0 Å². The summed E-state index contributed by atoms with van der Waals surface area (Å²) in [4.78, 5) is 0. The van der Waals surface area contributed by atoms with Crippen molar-refractivity contribution in [3.8, 4) is 0 Å². The minimum atomic E-state index is 0.471. The van der Waals surface area contributed by atoms with Crippen molar-refractivity contribution in [2.75, 3.05) is 6.54 Å². The van der Waals surface area contributed by atoms with Crippen molar-refractivity contribution >= 4 is 28.0 Å². The molecular formula is C10H16LiNSi. The van der Waals surface area contributed by atoms with Gasteiger partial charge in [-0.1, -0.05) is 0 Å². The molecule has 0 saturated heterocycles. The van der Waals surface area contributed by atoms with Gasteiger partial charge in [-0.3, -0.25) is 0 Å². The quantitative estimate of drug-likeness (QED) is 0.541. The fourth-order valence-electron chi connectivity index (χ4n) is 2.38. The zero-order valence-electron chi connectivity index (χ0n) is 8.85. The summed E-state index contributed by atoms with van der Waals surface area (Å²) in [6.07, 6.45) is 7.22. The molecule has 1 nitrogen and oxygen atoms in total. The molecular weight excluding hydrogens is 169 g/mol. The predicted octanol–water partition coefficient (Wildman–Crippen LogP) is 0.480. The molecule has 2 aliphatic rings. The van der Waals surface area contributed by atoms with Crippen LogP contribution in [-0.2, 0) is 0 Å². The van der Waals surface area contributed by atoms with Crippen molar-refractivity contribution in [3.63, 3.8) is 0 Å². The molecule has 2 rings (SSSR count). The molecule has 2 unspecified atom stereocenters. The maximum absolute atomic E-state index is 3.60. The molecule has 13 heavy (non-hydrogen) atoms. The summed E-state index contributed by atoms with van der Waals surface area (Å²) in [6, 6.07) is 0. The molecule has 1 heterocycles. The average Bonchev–Trinajstić information content (AvgIpc) is 2.06. The Hall–Kier alpha value is 0.0943. The maximum atomic E-state index is 3.60. The molecule has 0 spiro atoms. The van der Waals surface area contributed by atoms with E-state index in [2.05, 4.69) is 42.1 Å². The van der Waals surface area contributed by atoms with Crippen LogP contribution in [0.3, 0.4) is 0 Å². The molecule has 2 atom stereocenters. The first kappa shape index (κ1) is 9.64. The molecule has 0 aromatic carbocycles. The van der Waals surface area contributed by atoms with Crippen LogP contribution in [0.4, 0.5) is 0 Å². The second kappa shape index (κ2) is 3.35. The Morgan fingerprint density at radius 1 is 1.69 bits per heavy atom. The molecule has 1 aliphatic heterocycles. The summed E-state index contributed by atoms with van der Waals surface area (Å²) in [5.41, 5.74) is 3.13. The van der Waals surface area contributed by atoms with E-state index in [0.717, 1.165) is 5.92 Å². The van der Waals surface area contributed by atoms with Crippen molar-refractivity contribution in [2.45, 2.75) is 23.5 Å². The van der Waals surface area contributed by atoms with Gasteiger partial charge in [0.25, 0.3) is 0 Å². The fraction of sp³-hybridized carbons (Fsp3) is 0.600. The van der Waals surface area contributed by atoms with Crippen LogP contribution in [0, 0.1) is 5.92 Å². The van der Waals surface area contributed by atoms with Crippen LogP contribution in [0.1, 0.15) is 19.8 Å². The van der Waals surface area contributed by atoms with Gasteiger partial charge in [0.1, 0.15) is 0 Å². The van der Waals surface area contributed by atoms with E-state index in [-0.39, 0.29) is 0 Å². The van der Waals surface area contributed by atoms with Crippen molar-refractivity contribution in [1.29, 1.82) is 0 Å². The van der Waals surface area contributed by atoms with Crippen molar-refractivity contribution < 1.29 is 0 Å². The van der Waals surface area contributed by atoms with Crippen LogP contribution in [0.15, 0.2) is 23.4 Å². The number of hydrogen-bond donors (Lipinski definition) is 1. The summed E-state index contributed by atoms with van der Waals surface area (Å²) in [5.74, 6) is 0.765. The third-order valence-electron chi connectivity index (χ3n) is 3.30. The zero-order chi connectivity index (χ0) is 9.47. The van der Waals surface area contributed by atoms with E-state index >= 15 is 0 Å². The second-order valence-corrected chi connectivity index (χ2v) is 7.14. The van der Waals surface area contributed by atoms with Gasteiger partial charge in [-0.05, 0) is 0 Å². The van der Waals surface area contributed by atoms with E-state index in [1.54, 1.807) is 11.3 Å². The topological polar surface area (TPSA) is 12.0 Å². The van der Waals surface area contributed by atoms with E-state index in [1.165, 1.54) is 29.6 Å². The molecule has 0 saturated carbocycles. The van der Waals surface area contributed by atoms with Crippen LogP contribution in [0.2, 0.25) is 3.71 Å². The summed E-state index contributed by atoms with van der Waals surface area (Å²) in [5, 5.41) is 3.60. The average molecular weight is 185 g/mol. The molecule has 0 bridgehead atoms. The van der Waals surface area contributed by atoms with Gasteiger partial charge >= 0.3 is 92.6 Å². The number of rotatable bonds is 0. The normalized spacial score (nSPS) is 38.8. The molecule has 0 fully saturated rings. The Bertz CT molecular complexity index is 281. The summed E-state index contributed by atoms with van der Waals surface area (Å²) >= 11 is 2.39. The van der Waals surface area contributed by atoms with Crippen LogP contribution in [-0.4, -0.2) is 34.5 Å². The van der Waals surface area contributed by atoms with Gasteiger partial charge in [-0.15, -0.1) is 0 Å². The van der Waals surface area contributed by atoms with Crippen LogP contribution in [0.25, 0.3) is 0 Å². The molecule has 66 valence electrons. The SMILES string of the molecule is [Li][C]1([SiH3])CC=CC2=C1NCCC2C. The molecule has 0 amide bonds. The number of nitrogens with one attached hydrogen (secondary N) is 1. The van der Waals surface area contributed by atoms with Gasteiger partial charge in [0, 0.05) is 0 Å². The van der Waals surface area contributed by atoms with Gasteiger partial charge in [0.05, 0.1) is 0 Å². The zero-order valence-corrected chi connectivity index (χ0v) is 10.9. The third kappa shape index (κ3) is 1.68. The Balaban J connectivity index is 2.41. The van der Waals surface area contributed by atoms with Gasteiger partial charge in [0.2, 0.25) is 0 Å². The summed E-state index contributed by atoms with van der Waals surface area (Å²) in [7, 11) is 1.25. The van der Waals surface area contributed by atoms with Crippen LogP contribution in [0.5, 0.6) is 0 Å². The van der Waals surface area contributed by atoms with Crippen molar-refractivity contribution in [2.24, 2.45) is 5.92 Å². The van der Waals surface area contributed by atoms with Gasteiger partial charge in [0.15, 0.2) is 0 Å². The third-order valence-corrected chi connectivity index (χ3v) is 4.21. The van der Waals surface area contributed by atoms with Gasteiger partial charge < -0.3 is 0 Å². The standard InChI is InChI=1S/C10H16NSi.Li/c1-7-5-6-11-10-8(7)3-2-4-9(10)12;/h2-3,7,11H,4-6H2,1,12H3;. The Morgan fingerprint density at radius 2 is 2.46 bits per heavy atom. The monoisotopic (exact) mass is 185 g/mol. The van der Waals surface area contributed by atoms with E-state index in [0.29, 0.717) is 3.71 Å². The summed E-state index contributed by atoms with van der Waals surface area (Å²) < 4.78 is 0.471. The van der Waals surface area contributed by atoms with E-state index in [1.807, 2.05) is 0 Å². The van der Waals surface area contributed by atoms with Crippen LogP contribution < -0.4 is 5.32 Å². The van der Waals surface area contributed by atoms with E-state index in [4.69, 9.17) is 0 Å². The Morgan fingerprint density at radius 3 is 3.15 bits per heavy atom. The first-order valence-corrected chi connectivity index (χ1v) is 6.26. The fourth-order valence-corrected chi connectivity index (χ4v) is 3.08. The van der Waals surface area contributed by atoms with Gasteiger partial charge in [-0.2, -0.15) is 0 Å². The Labute approximate surface area is 92.7 Å². The van der Waals surface area contributed by atoms with Crippen molar-refractivity contribution in [3.05, 3.63) is 23.4 Å². The van der Waals surface area contributed by atoms with E-state index in [9.17, 15) is 0 Å². The Kier molecular flexibility index (Phi) is 2.48. The molecule has 0 aromatic rings. The molecule has 0 aromatic heterocycles. The number of hydrogen-bond acceptors (Lipinski definition) is 1. The predicted molar refractivity (Wildman–Crippen MR) is 61.0 cm³/mol. The summed E-state index contributed by atoms with van der Waals surface area (Å²) in [6.45, 7) is 3.52. The first-order valence-electron chi connectivity index (χ1n) is 5.26. The number of allylic oxidation sites excluding steroid dienone is 4.